The standard InChI is InChI=1S/C10H14O4S/c1-13-10(12)8-7(11)4-14-9(8)6-2-3-15-5-6/h6,8-9H,2-5H2,1H3. The molecule has 3 atom stereocenters. The number of esters is 1. The molecule has 0 radical (unpaired) electrons. The smallest absolute Gasteiger partial charge is 0.319 e. The van der Waals surface area contributed by atoms with Gasteiger partial charge >= 0.3 is 5.97 Å². The Morgan fingerprint density at radius 2 is 2.40 bits per heavy atom. The van der Waals surface area contributed by atoms with Crippen LogP contribution in [0.25, 0.3) is 0 Å². The number of rotatable bonds is 2. The maximum absolute atomic E-state index is 11.5. The van der Waals surface area contributed by atoms with Gasteiger partial charge in [0.25, 0.3) is 0 Å². The van der Waals surface area contributed by atoms with E-state index < -0.39 is 11.9 Å². The van der Waals surface area contributed by atoms with Crippen LogP contribution in [0.1, 0.15) is 6.42 Å². The highest BCUT2D eigenvalue weighted by Gasteiger charge is 2.46. The zero-order chi connectivity index (χ0) is 10.8. The third kappa shape index (κ3) is 2.03. The molecule has 2 aliphatic heterocycles. The topological polar surface area (TPSA) is 52.6 Å². The van der Waals surface area contributed by atoms with Gasteiger partial charge < -0.3 is 9.47 Å². The highest BCUT2D eigenvalue weighted by atomic mass is 32.2. The Kier molecular flexibility index (Phi) is 3.31. The Balaban J connectivity index is 2.09. The van der Waals surface area contributed by atoms with E-state index in [4.69, 9.17) is 4.74 Å². The van der Waals surface area contributed by atoms with Gasteiger partial charge in [0, 0.05) is 0 Å². The summed E-state index contributed by atoms with van der Waals surface area (Å²) in [5, 5.41) is 0. The summed E-state index contributed by atoms with van der Waals surface area (Å²) in [5.74, 6) is 1.13. The van der Waals surface area contributed by atoms with Crippen LogP contribution in [0.15, 0.2) is 0 Å². The van der Waals surface area contributed by atoms with Crippen molar-refractivity contribution >= 4 is 23.5 Å². The lowest BCUT2D eigenvalue weighted by molar-refractivity contribution is -0.150. The Morgan fingerprint density at radius 3 is 3.00 bits per heavy atom. The quantitative estimate of drug-likeness (QED) is 0.510. The SMILES string of the molecule is COC(=O)C1C(=O)COC1C1CCSC1. The lowest BCUT2D eigenvalue weighted by atomic mass is 9.90. The first-order chi connectivity index (χ1) is 7.24. The van der Waals surface area contributed by atoms with Crippen LogP contribution in [0.5, 0.6) is 0 Å². The van der Waals surface area contributed by atoms with Gasteiger partial charge in [-0.3, -0.25) is 9.59 Å². The molecule has 2 aliphatic rings. The van der Waals surface area contributed by atoms with E-state index in [2.05, 4.69) is 4.74 Å². The maximum Gasteiger partial charge on any atom is 0.319 e. The van der Waals surface area contributed by atoms with Gasteiger partial charge in [-0.15, -0.1) is 0 Å². The molecule has 0 aromatic carbocycles. The highest BCUT2D eigenvalue weighted by Crippen LogP contribution is 2.34. The molecule has 0 bridgehead atoms. The van der Waals surface area contributed by atoms with Crippen LogP contribution < -0.4 is 0 Å². The Bertz CT molecular complexity index is 273. The van der Waals surface area contributed by atoms with Crippen LogP contribution in [-0.4, -0.2) is 43.1 Å². The second-order valence-corrected chi connectivity index (χ2v) is 5.02. The van der Waals surface area contributed by atoms with E-state index in [9.17, 15) is 9.59 Å². The Labute approximate surface area is 92.7 Å². The fourth-order valence-corrected chi connectivity index (χ4v) is 3.46. The number of methoxy groups -OCH3 is 1. The third-order valence-corrected chi connectivity index (χ3v) is 4.17. The summed E-state index contributed by atoms with van der Waals surface area (Å²) in [4.78, 5) is 23.0. The Hall–Kier alpha value is -0.550. The van der Waals surface area contributed by atoms with E-state index in [1.807, 2.05) is 11.8 Å². The van der Waals surface area contributed by atoms with Crippen LogP contribution in [0.4, 0.5) is 0 Å². The molecule has 2 saturated heterocycles. The average molecular weight is 230 g/mol. The molecule has 0 aromatic heterocycles. The summed E-state index contributed by atoms with van der Waals surface area (Å²) in [6.45, 7) is 0.0611. The van der Waals surface area contributed by atoms with Crippen LogP contribution in [0, 0.1) is 11.8 Å². The lowest BCUT2D eigenvalue weighted by Crippen LogP contribution is -2.35. The number of carbonyl (C=O) groups excluding carboxylic acids is 2. The van der Waals surface area contributed by atoms with E-state index in [-0.39, 0.29) is 18.5 Å². The van der Waals surface area contributed by atoms with Gasteiger partial charge in [0.1, 0.15) is 12.5 Å². The van der Waals surface area contributed by atoms with Crippen molar-refractivity contribution in [3.63, 3.8) is 0 Å². The molecule has 0 amide bonds. The highest BCUT2D eigenvalue weighted by molar-refractivity contribution is 7.99. The van der Waals surface area contributed by atoms with E-state index in [1.54, 1.807) is 0 Å². The number of hydrogen-bond acceptors (Lipinski definition) is 5. The summed E-state index contributed by atoms with van der Waals surface area (Å²) >= 11 is 1.85. The molecule has 4 nitrogen and oxygen atoms in total. The monoisotopic (exact) mass is 230 g/mol. The first-order valence-corrected chi connectivity index (χ1v) is 6.19. The van der Waals surface area contributed by atoms with Gasteiger partial charge in [0.05, 0.1) is 13.2 Å². The summed E-state index contributed by atoms with van der Waals surface area (Å²) < 4.78 is 10.1. The van der Waals surface area contributed by atoms with E-state index >= 15 is 0 Å². The number of Topliss-reactive ketones (excluding diaryl/α,β-unsaturated/α-hetero) is 1. The van der Waals surface area contributed by atoms with Crippen molar-refractivity contribution in [2.75, 3.05) is 25.2 Å². The number of ketones is 1. The van der Waals surface area contributed by atoms with Gasteiger partial charge in [-0.1, -0.05) is 0 Å². The van der Waals surface area contributed by atoms with E-state index in [0.29, 0.717) is 5.92 Å². The van der Waals surface area contributed by atoms with E-state index in [1.165, 1.54) is 7.11 Å². The molecule has 84 valence electrons. The second-order valence-electron chi connectivity index (χ2n) is 3.87. The predicted molar refractivity (Wildman–Crippen MR) is 55.7 cm³/mol. The summed E-state index contributed by atoms with van der Waals surface area (Å²) in [6.07, 6.45) is 0.774. The second kappa shape index (κ2) is 4.53. The van der Waals surface area contributed by atoms with E-state index in [0.717, 1.165) is 17.9 Å². The fraction of sp³-hybridized carbons (Fsp3) is 0.800. The molecule has 2 heterocycles. The third-order valence-electron chi connectivity index (χ3n) is 2.98. The molecule has 0 saturated carbocycles. The molecule has 2 rings (SSSR count). The predicted octanol–water partition coefficient (Wildman–Crippen LogP) is 0.497. The van der Waals surface area contributed by atoms with Crippen molar-refractivity contribution in [1.29, 1.82) is 0 Å². The minimum Gasteiger partial charge on any atom is -0.468 e. The summed E-state index contributed by atoms with van der Waals surface area (Å²) in [6, 6.07) is 0. The molecule has 2 fully saturated rings. The van der Waals surface area contributed by atoms with Gasteiger partial charge in [0.2, 0.25) is 0 Å². The fourth-order valence-electron chi connectivity index (χ4n) is 2.16. The van der Waals surface area contributed by atoms with Crippen molar-refractivity contribution < 1.29 is 19.1 Å². The van der Waals surface area contributed by atoms with Gasteiger partial charge in [-0.2, -0.15) is 11.8 Å². The lowest BCUT2D eigenvalue weighted by Gasteiger charge is -2.20. The van der Waals surface area contributed by atoms with Gasteiger partial charge in [-0.05, 0) is 23.8 Å². The normalized spacial score (nSPS) is 35.8. The summed E-state index contributed by atoms with van der Waals surface area (Å²) in [5.41, 5.74) is 0. The molecule has 0 N–H and O–H groups in total. The van der Waals surface area contributed by atoms with Crippen LogP contribution in [-0.2, 0) is 19.1 Å². The summed E-state index contributed by atoms with van der Waals surface area (Å²) in [7, 11) is 1.31. The zero-order valence-corrected chi connectivity index (χ0v) is 9.42. The number of thioether (sulfide) groups is 1. The minimum atomic E-state index is -0.682. The van der Waals surface area contributed by atoms with Crippen LogP contribution in [0.3, 0.4) is 0 Å². The Morgan fingerprint density at radius 1 is 1.60 bits per heavy atom. The number of ether oxygens (including phenoxy) is 2. The molecule has 15 heavy (non-hydrogen) atoms. The van der Waals surface area contributed by atoms with Crippen molar-refractivity contribution in [2.24, 2.45) is 11.8 Å². The maximum atomic E-state index is 11.5. The minimum absolute atomic E-state index is 0.0611. The largest absolute Gasteiger partial charge is 0.468 e. The molecule has 3 unspecified atom stereocenters. The first kappa shape index (κ1) is 11.0. The van der Waals surface area contributed by atoms with Gasteiger partial charge in [0.15, 0.2) is 5.78 Å². The van der Waals surface area contributed by atoms with Crippen molar-refractivity contribution in [3.8, 4) is 0 Å². The van der Waals surface area contributed by atoms with Gasteiger partial charge in [-0.25, -0.2) is 0 Å². The van der Waals surface area contributed by atoms with Crippen molar-refractivity contribution in [1.82, 2.24) is 0 Å². The molecular formula is C10H14O4S. The molecule has 0 spiro atoms. The van der Waals surface area contributed by atoms with Crippen LogP contribution >= 0.6 is 11.8 Å². The van der Waals surface area contributed by atoms with Crippen molar-refractivity contribution in [3.05, 3.63) is 0 Å². The zero-order valence-electron chi connectivity index (χ0n) is 8.60. The van der Waals surface area contributed by atoms with Crippen LogP contribution in [0.2, 0.25) is 0 Å². The average Bonchev–Trinajstić information content (AvgIpc) is 2.85. The number of hydrogen-bond donors (Lipinski definition) is 0. The molecule has 0 aromatic rings. The molecule has 0 aliphatic carbocycles. The van der Waals surface area contributed by atoms with Crippen molar-refractivity contribution in [2.45, 2.75) is 12.5 Å². The molecule has 5 heteroatoms. The first-order valence-electron chi connectivity index (χ1n) is 5.04. The number of carbonyl (C=O) groups is 2. The molecular weight excluding hydrogens is 216 g/mol.